The topological polar surface area (TPSA) is 22.0 Å². The van der Waals surface area contributed by atoms with Crippen LogP contribution in [-0.2, 0) is 11.0 Å². The van der Waals surface area contributed by atoms with E-state index in [1.165, 1.54) is 0 Å². The molecule has 0 spiro atoms. The van der Waals surface area contributed by atoms with E-state index in [0.717, 1.165) is 21.4 Å². The molecule has 0 aliphatic rings. The minimum absolute atomic E-state index is 0.818. The quantitative estimate of drug-likeness (QED) is 0.686. The van der Waals surface area contributed by atoms with Crippen molar-refractivity contribution in [3.8, 4) is 0 Å². The summed E-state index contributed by atoms with van der Waals surface area (Å²) < 4.78 is 14.4. The largest absolute Gasteiger partial charge is 0.262 e. The van der Waals surface area contributed by atoms with Crippen molar-refractivity contribution in [2.24, 2.45) is 0 Å². The van der Waals surface area contributed by atoms with Crippen LogP contribution < -0.4 is 0 Å². The van der Waals surface area contributed by atoms with E-state index in [2.05, 4.69) is 6.07 Å². The highest BCUT2D eigenvalue weighted by atomic mass is 32.2. The van der Waals surface area contributed by atoms with Crippen LogP contribution in [0.2, 0.25) is 0 Å². The van der Waals surface area contributed by atoms with Crippen LogP contribution in [0.5, 0.6) is 0 Å². The molecule has 0 bridgehead atoms. The van der Waals surface area contributed by atoms with Gasteiger partial charge in [0.25, 0.3) is 0 Å². The van der Waals surface area contributed by atoms with Crippen LogP contribution in [0, 0.1) is 6.92 Å². The van der Waals surface area contributed by atoms with Crippen LogP contribution in [0.3, 0.4) is 0 Å². The summed E-state index contributed by atoms with van der Waals surface area (Å²) in [5.74, 6) is 0. The van der Waals surface area contributed by atoms with E-state index in [1.807, 2.05) is 65.6 Å². The molecular formula is C15H13NOS. The number of fused-ring (bicyclic) bond motifs is 1. The van der Waals surface area contributed by atoms with Gasteiger partial charge < -0.3 is 0 Å². The molecule has 0 saturated heterocycles. The van der Waals surface area contributed by atoms with E-state index in [1.54, 1.807) is 0 Å². The molecule has 2 nitrogen and oxygen atoms in total. The smallest absolute Gasteiger partial charge is 0.157 e. The van der Waals surface area contributed by atoms with E-state index in [9.17, 15) is 4.21 Å². The van der Waals surface area contributed by atoms with Crippen molar-refractivity contribution >= 4 is 21.9 Å². The van der Waals surface area contributed by atoms with Crippen LogP contribution >= 0.6 is 0 Å². The van der Waals surface area contributed by atoms with Crippen molar-refractivity contribution in [2.75, 3.05) is 0 Å². The number of benzene rings is 2. The minimum Gasteiger partial charge on any atom is -0.262 e. The Morgan fingerprint density at radius 3 is 2.39 bits per heavy atom. The summed E-state index contributed by atoms with van der Waals surface area (Å²) in [7, 11) is -1.18. The molecule has 0 aliphatic carbocycles. The Bertz CT molecular complexity index is 716. The number of para-hydroxylation sites is 1. The first kappa shape index (κ1) is 11.2. The summed E-state index contributed by atoms with van der Waals surface area (Å²) in [6.45, 7) is 2.04. The second kappa shape index (κ2) is 4.42. The maximum Gasteiger partial charge on any atom is 0.157 e. The molecule has 0 aliphatic heterocycles. The standard InChI is InChI=1S/C15H13NOS/c1-12-11-16(15-10-6-5-9-14(12)15)18(17)13-7-3-2-4-8-13/h2-11H,1H3. The second-order valence-electron chi connectivity index (χ2n) is 4.22. The average molecular weight is 255 g/mol. The number of hydrogen-bond donors (Lipinski definition) is 0. The fourth-order valence-corrected chi connectivity index (χ4v) is 3.31. The zero-order chi connectivity index (χ0) is 12.5. The summed E-state index contributed by atoms with van der Waals surface area (Å²) in [5, 5.41) is 1.15. The van der Waals surface area contributed by atoms with Gasteiger partial charge in [-0.25, -0.2) is 4.21 Å². The van der Waals surface area contributed by atoms with E-state index >= 15 is 0 Å². The molecule has 2 aromatic carbocycles. The van der Waals surface area contributed by atoms with Crippen molar-refractivity contribution in [2.45, 2.75) is 11.8 Å². The molecule has 1 atom stereocenters. The Kier molecular flexibility index (Phi) is 2.76. The number of aromatic nitrogens is 1. The van der Waals surface area contributed by atoms with Gasteiger partial charge in [0.2, 0.25) is 0 Å². The van der Waals surface area contributed by atoms with Crippen LogP contribution in [0.25, 0.3) is 10.9 Å². The number of nitrogens with zero attached hydrogens (tertiary/aromatic N) is 1. The summed E-state index contributed by atoms with van der Waals surface area (Å²) in [6.07, 6.45) is 1.95. The monoisotopic (exact) mass is 255 g/mol. The Balaban J connectivity index is 2.19. The fourth-order valence-electron chi connectivity index (χ4n) is 2.10. The van der Waals surface area contributed by atoms with Crippen LogP contribution in [0.1, 0.15) is 5.56 Å². The lowest BCUT2D eigenvalue weighted by atomic mass is 10.2. The molecule has 1 aromatic heterocycles. The minimum atomic E-state index is -1.18. The van der Waals surface area contributed by atoms with Gasteiger partial charge in [-0.2, -0.15) is 0 Å². The van der Waals surface area contributed by atoms with Crippen LogP contribution in [0.4, 0.5) is 0 Å². The molecule has 3 aromatic rings. The lowest BCUT2D eigenvalue weighted by Crippen LogP contribution is -2.02. The highest BCUT2D eigenvalue weighted by Crippen LogP contribution is 2.23. The molecule has 0 saturated carbocycles. The zero-order valence-corrected chi connectivity index (χ0v) is 10.9. The van der Waals surface area contributed by atoms with Gasteiger partial charge in [0.05, 0.1) is 10.4 Å². The molecule has 18 heavy (non-hydrogen) atoms. The van der Waals surface area contributed by atoms with Gasteiger partial charge in [-0.15, -0.1) is 0 Å². The van der Waals surface area contributed by atoms with Crippen molar-refractivity contribution in [3.63, 3.8) is 0 Å². The van der Waals surface area contributed by atoms with E-state index in [0.29, 0.717) is 0 Å². The predicted molar refractivity (Wildman–Crippen MR) is 74.9 cm³/mol. The highest BCUT2D eigenvalue weighted by Gasteiger charge is 2.11. The first-order valence-electron chi connectivity index (χ1n) is 5.81. The van der Waals surface area contributed by atoms with Gasteiger partial charge in [-0.3, -0.25) is 3.97 Å². The summed E-state index contributed by atoms with van der Waals surface area (Å²) in [6, 6.07) is 17.6. The van der Waals surface area contributed by atoms with Gasteiger partial charge in [-0.1, -0.05) is 36.4 Å². The molecule has 0 amide bonds. The van der Waals surface area contributed by atoms with Crippen LogP contribution in [0.15, 0.2) is 65.7 Å². The van der Waals surface area contributed by atoms with Gasteiger partial charge in [-0.05, 0) is 30.7 Å². The van der Waals surface area contributed by atoms with Gasteiger partial charge >= 0.3 is 0 Å². The Labute approximate surface area is 108 Å². The lowest BCUT2D eigenvalue weighted by Gasteiger charge is -2.04. The SMILES string of the molecule is Cc1cn(S(=O)c2ccccc2)c2ccccc12. The van der Waals surface area contributed by atoms with Gasteiger partial charge in [0, 0.05) is 11.6 Å². The number of rotatable bonds is 2. The van der Waals surface area contributed by atoms with Crippen molar-refractivity contribution < 1.29 is 4.21 Å². The summed E-state index contributed by atoms with van der Waals surface area (Å²) in [5.41, 5.74) is 2.16. The molecule has 1 unspecified atom stereocenters. The third kappa shape index (κ3) is 1.77. The maximum absolute atomic E-state index is 12.5. The van der Waals surface area contributed by atoms with Crippen molar-refractivity contribution in [1.29, 1.82) is 0 Å². The Hall–Kier alpha value is -1.87. The second-order valence-corrected chi connectivity index (χ2v) is 5.58. The summed E-state index contributed by atoms with van der Waals surface area (Å²) in [4.78, 5) is 0.818. The van der Waals surface area contributed by atoms with Crippen LogP contribution in [-0.4, -0.2) is 8.18 Å². The lowest BCUT2D eigenvalue weighted by molar-refractivity contribution is 0.678. The first-order chi connectivity index (χ1) is 8.77. The molecule has 3 heteroatoms. The van der Waals surface area contributed by atoms with Gasteiger partial charge in [0.1, 0.15) is 0 Å². The Morgan fingerprint density at radius 2 is 1.61 bits per heavy atom. The molecule has 90 valence electrons. The molecule has 3 rings (SSSR count). The Morgan fingerprint density at radius 1 is 0.944 bits per heavy atom. The number of hydrogen-bond acceptors (Lipinski definition) is 1. The molecule has 0 radical (unpaired) electrons. The molecule has 1 heterocycles. The van der Waals surface area contributed by atoms with Gasteiger partial charge in [0.15, 0.2) is 11.0 Å². The fraction of sp³-hybridized carbons (Fsp3) is 0.0667. The molecule has 0 fully saturated rings. The van der Waals surface area contributed by atoms with Crippen molar-refractivity contribution in [1.82, 2.24) is 3.97 Å². The zero-order valence-electron chi connectivity index (χ0n) is 10.0. The predicted octanol–water partition coefficient (Wildman–Crippen LogP) is 3.52. The van der Waals surface area contributed by atoms with E-state index in [-0.39, 0.29) is 0 Å². The summed E-state index contributed by atoms with van der Waals surface area (Å²) >= 11 is 0. The van der Waals surface area contributed by atoms with E-state index < -0.39 is 11.0 Å². The number of aryl methyl sites for hydroxylation is 1. The third-order valence-corrected chi connectivity index (χ3v) is 4.34. The van der Waals surface area contributed by atoms with E-state index in [4.69, 9.17) is 0 Å². The normalized spacial score (nSPS) is 12.7. The van der Waals surface area contributed by atoms with Crippen molar-refractivity contribution in [3.05, 3.63) is 66.4 Å². The first-order valence-corrected chi connectivity index (χ1v) is 6.92. The average Bonchev–Trinajstić information content (AvgIpc) is 2.77. The maximum atomic E-state index is 12.5. The molecule has 0 N–H and O–H groups in total. The third-order valence-electron chi connectivity index (χ3n) is 3.00. The molecular weight excluding hydrogens is 242 g/mol. The highest BCUT2D eigenvalue weighted by molar-refractivity contribution is 7.83.